The van der Waals surface area contributed by atoms with Gasteiger partial charge in [-0.2, -0.15) is 0 Å². The summed E-state index contributed by atoms with van der Waals surface area (Å²) < 4.78 is 1.26. The molecule has 0 spiro atoms. The number of carbonyl (C=O) groups is 1. The molecule has 1 aromatic rings. The Kier molecular flexibility index (Phi) is 6.29. The quantitative estimate of drug-likeness (QED) is 0.533. The van der Waals surface area contributed by atoms with Gasteiger partial charge in [-0.1, -0.05) is 12.1 Å². The molecular formula is C16H23IN2O. The van der Waals surface area contributed by atoms with E-state index < -0.39 is 0 Å². The summed E-state index contributed by atoms with van der Waals surface area (Å²) in [4.78, 5) is 11.7. The number of nitrogens with two attached hydrogens (primary N) is 1. The number of amides is 1. The van der Waals surface area contributed by atoms with Crippen molar-refractivity contribution in [2.45, 2.75) is 44.6 Å². The fourth-order valence-corrected chi connectivity index (χ4v) is 2.64. The smallest absolute Gasteiger partial charge is 0.220 e. The molecule has 1 aromatic carbocycles. The molecule has 3 N–H and O–H groups in total. The van der Waals surface area contributed by atoms with Crippen LogP contribution in [0.1, 0.15) is 37.7 Å². The lowest BCUT2D eigenvalue weighted by Gasteiger charge is -2.11. The monoisotopic (exact) mass is 386 g/mol. The minimum atomic E-state index is 0.142. The van der Waals surface area contributed by atoms with Crippen molar-refractivity contribution in [1.29, 1.82) is 0 Å². The summed E-state index contributed by atoms with van der Waals surface area (Å²) in [6.07, 6.45) is 6.12. The molecule has 0 bridgehead atoms. The number of hydrogen-bond acceptors (Lipinski definition) is 2. The normalized spacial score (nSPS) is 15.9. The highest BCUT2D eigenvalue weighted by Crippen LogP contribution is 2.31. The third-order valence-corrected chi connectivity index (χ3v) is 4.51. The zero-order valence-corrected chi connectivity index (χ0v) is 13.9. The average molecular weight is 386 g/mol. The molecular weight excluding hydrogens is 363 g/mol. The predicted octanol–water partition coefficient (Wildman–Crippen LogP) is 2.86. The number of rotatable bonds is 8. The molecule has 0 radical (unpaired) electrons. The van der Waals surface area contributed by atoms with E-state index in [1.807, 2.05) is 0 Å². The molecule has 3 nitrogen and oxygen atoms in total. The van der Waals surface area contributed by atoms with Crippen molar-refractivity contribution in [3.63, 3.8) is 0 Å². The van der Waals surface area contributed by atoms with Gasteiger partial charge in [0.15, 0.2) is 0 Å². The maximum Gasteiger partial charge on any atom is 0.220 e. The van der Waals surface area contributed by atoms with Gasteiger partial charge in [-0.25, -0.2) is 0 Å². The molecule has 1 saturated carbocycles. The largest absolute Gasteiger partial charge is 0.355 e. The van der Waals surface area contributed by atoms with Crippen molar-refractivity contribution in [3.8, 4) is 0 Å². The second-order valence-electron chi connectivity index (χ2n) is 5.64. The Morgan fingerprint density at radius 3 is 2.65 bits per heavy atom. The van der Waals surface area contributed by atoms with Gasteiger partial charge in [-0.15, -0.1) is 0 Å². The van der Waals surface area contributed by atoms with Crippen molar-refractivity contribution in [2.75, 3.05) is 6.54 Å². The van der Waals surface area contributed by atoms with E-state index >= 15 is 0 Å². The van der Waals surface area contributed by atoms with Crippen molar-refractivity contribution in [3.05, 3.63) is 33.4 Å². The Morgan fingerprint density at radius 2 is 2.00 bits per heavy atom. The molecule has 1 unspecified atom stereocenters. The number of hydrogen-bond donors (Lipinski definition) is 2. The summed E-state index contributed by atoms with van der Waals surface area (Å²) in [5.41, 5.74) is 7.30. The van der Waals surface area contributed by atoms with Crippen LogP contribution in [-0.4, -0.2) is 18.5 Å². The molecule has 1 aliphatic carbocycles. The van der Waals surface area contributed by atoms with E-state index in [1.54, 1.807) is 0 Å². The van der Waals surface area contributed by atoms with Crippen molar-refractivity contribution < 1.29 is 4.79 Å². The van der Waals surface area contributed by atoms with E-state index in [-0.39, 0.29) is 11.9 Å². The van der Waals surface area contributed by atoms with Crippen LogP contribution in [0.3, 0.4) is 0 Å². The van der Waals surface area contributed by atoms with Gasteiger partial charge in [0.2, 0.25) is 5.91 Å². The summed E-state index contributed by atoms with van der Waals surface area (Å²) in [5, 5.41) is 2.94. The molecule has 1 fully saturated rings. The molecule has 0 aromatic heterocycles. The third kappa shape index (κ3) is 5.79. The van der Waals surface area contributed by atoms with Gasteiger partial charge in [0.1, 0.15) is 0 Å². The first kappa shape index (κ1) is 15.8. The SMILES string of the molecule is NC(CNC(=O)CCCCc1ccc(I)cc1)C1CC1. The highest BCUT2D eigenvalue weighted by Gasteiger charge is 2.28. The van der Waals surface area contributed by atoms with Crippen LogP contribution in [0.15, 0.2) is 24.3 Å². The lowest BCUT2D eigenvalue weighted by atomic mass is 10.1. The van der Waals surface area contributed by atoms with Crippen molar-refractivity contribution >= 4 is 28.5 Å². The molecule has 110 valence electrons. The molecule has 20 heavy (non-hydrogen) atoms. The second-order valence-corrected chi connectivity index (χ2v) is 6.88. The van der Waals surface area contributed by atoms with Crippen LogP contribution in [-0.2, 0) is 11.2 Å². The van der Waals surface area contributed by atoms with Crippen molar-refractivity contribution in [1.82, 2.24) is 5.32 Å². The summed E-state index contributed by atoms with van der Waals surface area (Å²) in [6.45, 7) is 0.640. The van der Waals surface area contributed by atoms with Crippen LogP contribution in [0.4, 0.5) is 0 Å². The van der Waals surface area contributed by atoms with Crippen molar-refractivity contribution in [2.24, 2.45) is 11.7 Å². The second kappa shape index (κ2) is 7.98. The Morgan fingerprint density at radius 1 is 1.30 bits per heavy atom. The minimum Gasteiger partial charge on any atom is -0.355 e. The number of carbonyl (C=O) groups excluding carboxylic acids is 1. The summed E-state index contributed by atoms with van der Waals surface area (Å²) in [6, 6.07) is 8.74. The molecule has 0 saturated heterocycles. The Hall–Kier alpha value is -0.620. The Bertz CT molecular complexity index is 429. The highest BCUT2D eigenvalue weighted by atomic mass is 127. The van der Waals surface area contributed by atoms with Gasteiger partial charge in [0.05, 0.1) is 0 Å². The summed E-state index contributed by atoms with van der Waals surface area (Å²) >= 11 is 2.31. The maximum absolute atomic E-state index is 11.7. The van der Waals surface area contributed by atoms with Gasteiger partial charge in [-0.05, 0) is 78.3 Å². The van der Waals surface area contributed by atoms with E-state index in [9.17, 15) is 4.79 Å². The van der Waals surface area contributed by atoms with Gasteiger partial charge >= 0.3 is 0 Å². The van der Waals surface area contributed by atoms with Gasteiger partial charge in [0.25, 0.3) is 0 Å². The van der Waals surface area contributed by atoms with Gasteiger partial charge < -0.3 is 11.1 Å². The van der Waals surface area contributed by atoms with Crippen LogP contribution in [0, 0.1) is 9.49 Å². The van der Waals surface area contributed by atoms with E-state index in [1.165, 1.54) is 22.0 Å². The Balaban J connectivity index is 1.53. The molecule has 2 rings (SSSR count). The van der Waals surface area contributed by atoms with E-state index in [4.69, 9.17) is 5.73 Å². The van der Waals surface area contributed by atoms with Crippen LogP contribution >= 0.6 is 22.6 Å². The maximum atomic E-state index is 11.7. The molecule has 4 heteroatoms. The molecule has 0 aliphatic heterocycles. The number of benzene rings is 1. The highest BCUT2D eigenvalue weighted by molar-refractivity contribution is 14.1. The molecule has 1 atom stereocenters. The molecule has 0 heterocycles. The minimum absolute atomic E-state index is 0.142. The van der Waals surface area contributed by atoms with Crippen LogP contribution in [0.2, 0.25) is 0 Å². The first-order chi connectivity index (χ1) is 9.65. The lowest BCUT2D eigenvalue weighted by molar-refractivity contribution is -0.121. The van der Waals surface area contributed by atoms with Gasteiger partial charge in [0, 0.05) is 22.6 Å². The number of aryl methyl sites for hydroxylation is 1. The molecule has 1 amide bonds. The van der Waals surface area contributed by atoms with Crippen LogP contribution in [0.5, 0.6) is 0 Å². The first-order valence-electron chi connectivity index (χ1n) is 7.42. The fraction of sp³-hybridized carbons (Fsp3) is 0.562. The zero-order valence-electron chi connectivity index (χ0n) is 11.8. The van der Waals surface area contributed by atoms with Crippen LogP contribution < -0.4 is 11.1 Å². The average Bonchev–Trinajstić information content (AvgIpc) is 3.27. The standard InChI is InChI=1S/C16H23IN2O/c17-14-9-5-12(6-10-14)3-1-2-4-16(20)19-11-15(18)13-7-8-13/h5-6,9-10,13,15H,1-4,7-8,11,18H2,(H,19,20). The first-order valence-corrected chi connectivity index (χ1v) is 8.50. The number of unbranched alkanes of at least 4 members (excludes halogenated alkanes) is 1. The molecule has 1 aliphatic rings. The lowest BCUT2D eigenvalue weighted by Crippen LogP contribution is -2.38. The van der Waals surface area contributed by atoms with Crippen LogP contribution in [0.25, 0.3) is 0 Å². The predicted molar refractivity (Wildman–Crippen MR) is 90.4 cm³/mol. The van der Waals surface area contributed by atoms with E-state index in [0.29, 0.717) is 18.9 Å². The summed E-state index contributed by atoms with van der Waals surface area (Å²) in [7, 11) is 0. The Labute approximate surface area is 134 Å². The number of halogens is 1. The fourth-order valence-electron chi connectivity index (χ4n) is 2.28. The van der Waals surface area contributed by atoms with Gasteiger partial charge in [-0.3, -0.25) is 4.79 Å². The zero-order chi connectivity index (χ0) is 14.4. The van der Waals surface area contributed by atoms with E-state index in [2.05, 4.69) is 52.2 Å². The third-order valence-electron chi connectivity index (χ3n) is 3.79. The number of nitrogens with one attached hydrogen (secondary N) is 1. The summed E-state index contributed by atoms with van der Waals surface area (Å²) in [5.74, 6) is 0.792. The van der Waals surface area contributed by atoms with E-state index in [0.717, 1.165) is 19.3 Å². The topological polar surface area (TPSA) is 55.1 Å².